The number of hydrogen-bond acceptors (Lipinski definition) is 3. The van der Waals surface area contributed by atoms with E-state index in [9.17, 15) is 0 Å². The van der Waals surface area contributed by atoms with E-state index in [1.54, 1.807) is 0 Å². The molecule has 0 aromatic heterocycles. The Hall–Kier alpha value is -0.120. The molecule has 1 heterocycles. The van der Waals surface area contributed by atoms with Crippen LogP contribution < -0.4 is 5.73 Å². The van der Waals surface area contributed by atoms with E-state index < -0.39 is 0 Å². The first-order chi connectivity index (χ1) is 8.25. The van der Waals surface area contributed by atoms with Crippen molar-refractivity contribution >= 4 is 0 Å². The number of rotatable bonds is 5. The molecule has 0 radical (unpaired) electrons. The van der Waals surface area contributed by atoms with Crippen LogP contribution in [0.4, 0.5) is 0 Å². The lowest BCUT2D eigenvalue weighted by Gasteiger charge is -2.30. The molecule has 0 aromatic rings. The summed E-state index contributed by atoms with van der Waals surface area (Å²) >= 11 is 0. The van der Waals surface area contributed by atoms with E-state index in [4.69, 9.17) is 10.5 Å². The minimum Gasteiger partial charge on any atom is -0.381 e. The molecule has 2 rings (SSSR count). The van der Waals surface area contributed by atoms with Crippen molar-refractivity contribution in [3.05, 3.63) is 0 Å². The van der Waals surface area contributed by atoms with E-state index in [1.165, 1.54) is 45.1 Å². The molecule has 1 aliphatic carbocycles. The zero-order valence-corrected chi connectivity index (χ0v) is 11.2. The van der Waals surface area contributed by atoms with E-state index in [0.29, 0.717) is 6.04 Å². The lowest BCUT2D eigenvalue weighted by atomic mass is 9.97. The Bertz CT molecular complexity index is 210. The van der Waals surface area contributed by atoms with Crippen LogP contribution >= 0.6 is 0 Å². The van der Waals surface area contributed by atoms with Crippen molar-refractivity contribution in [2.45, 2.75) is 44.6 Å². The lowest BCUT2D eigenvalue weighted by molar-refractivity contribution is 0.0545. The van der Waals surface area contributed by atoms with Crippen molar-refractivity contribution in [3.63, 3.8) is 0 Å². The van der Waals surface area contributed by atoms with Crippen LogP contribution in [0.25, 0.3) is 0 Å². The van der Waals surface area contributed by atoms with Crippen molar-refractivity contribution in [1.29, 1.82) is 0 Å². The van der Waals surface area contributed by atoms with E-state index in [0.717, 1.165) is 31.6 Å². The zero-order chi connectivity index (χ0) is 12.1. The van der Waals surface area contributed by atoms with Gasteiger partial charge in [0.15, 0.2) is 0 Å². The Labute approximate surface area is 106 Å². The monoisotopic (exact) mass is 240 g/mol. The molecule has 0 aromatic carbocycles. The molecular formula is C14H28N2O. The van der Waals surface area contributed by atoms with Crippen LogP contribution in [0.3, 0.4) is 0 Å². The topological polar surface area (TPSA) is 38.5 Å². The first-order valence-corrected chi connectivity index (χ1v) is 7.27. The minimum absolute atomic E-state index is 0.391. The maximum absolute atomic E-state index is 6.32. The highest BCUT2D eigenvalue weighted by Gasteiger charge is 2.24. The summed E-state index contributed by atoms with van der Waals surface area (Å²) in [6.07, 6.45) is 7.94. The van der Waals surface area contributed by atoms with Crippen molar-refractivity contribution in [1.82, 2.24) is 4.90 Å². The third kappa shape index (κ3) is 4.23. The molecule has 0 amide bonds. The second kappa shape index (κ2) is 6.72. The molecule has 2 fully saturated rings. The molecule has 100 valence electrons. The van der Waals surface area contributed by atoms with Gasteiger partial charge in [-0.1, -0.05) is 12.8 Å². The molecule has 1 atom stereocenters. The summed E-state index contributed by atoms with van der Waals surface area (Å²) in [5.74, 6) is 1.61. The third-order valence-corrected chi connectivity index (χ3v) is 4.44. The predicted molar refractivity (Wildman–Crippen MR) is 71.0 cm³/mol. The van der Waals surface area contributed by atoms with Crippen molar-refractivity contribution in [2.24, 2.45) is 17.6 Å². The molecule has 1 saturated carbocycles. The van der Waals surface area contributed by atoms with E-state index in [2.05, 4.69) is 11.9 Å². The van der Waals surface area contributed by atoms with Crippen LogP contribution in [0.15, 0.2) is 0 Å². The van der Waals surface area contributed by atoms with Crippen molar-refractivity contribution in [3.8, 4) is 0 Å². The minimum atomic E-state index is 0.391. The second-order valence-electron chi connectivity index (χ2n) is 5.99. The van der Waals surface area contributed by atoms with Gasteiger partial charge in [0.05, 0.1) is 0 Å². The summed E-state index contributed by atoms with van der Waals surface area (Å²) in [5, 5.41) is 0. The van der Waals surface area contributed by atoms with Gasteiger partial charge in [0.1, 0.15) is 0 Å². The highest BCUT2D eigenvalue weighted by atomic mass is 16.5. The maximum atomic E-state index is 6.32. The normalized spacial score (nSPS) is 25.6. The van der Waals surface area contributed by atoms with E-state index >= 15 is 0 Å². The Morgan fingerprint density at radius 1 is 1.18 bits per heavy atom. The number of nitrogens with zero attached hydrogens (tertiary/aromatic N) is 1. The molecule has 1 aliphatic heterocycles. The number of hydrogen-bond donors (Lipinski definition) is 1. The summed E-state index contributed by atoms with van der Waals surface area (Å²) < 4.78 is 5.40. The predicted octanol–water partition coefficient (Wildman–Crippen LogP) is 1.86. The fourth-order valence-electron chi connectivity index (χ4n) is 3.34. The molecule has 3 heteroatoms. The van der Waals surface area contributed by atoms with Gasteiger partial charge in [0.2, 0.25) is 0 Å². The number of nitrogens with two attached hydrogens (primary N) is 1. The maximum Gasteiger partial charge on any atom is 0.0469 e. The second-order valence-corrected chi connectivity index (χ2v) is 5.99. The zero-order valence-electron chi connectivity index (χ0n) is 11.2. The number of likely N-dealkylation sites (N-methyl/N-ethyl adjacent to an activating group) is 1. The highest BCUT2D eigenvalue weighted by Crippen LogP contribution is 2.27. The molecule has 2 aliphatic rings. The molecule has 0 bridgehead atoms. The van der Waals surface area contributed by atoms with Gasteiger partial charge in [0, 0.05) is 32.3 Å². The summed E-state index contributed by atoms with van der Waals surface area (Å²) in [4.78, 5) is 2.44. The fourth-order valence-corrected chi connectivity index (χ4v) is 3.34. The fraction of sp³-hybridized carbons (Fsp3) is 1.00. The van der Waals surface area contributed by atoms with E-state index in [1.807, 2.05) is 0 Å². The van der Waals surface area contributed by atoms with Gasteiger partial charge in [-0.2, -0.15) is 0 Å². The number of ether oxygens (including phenoxy) is 1. The lowest BCUT2D eigenvalue weighted by Crippen LogP contribution is -2.42. The van der Waals surface area contributed by atoms with Gasteiger partial charge in [-0.25, -0.2) is 0 Å². The first-order valence-electron chi connectivity index (χ1n) is 7.27. The first kappa shape index (κ1) is 13.3. The summed E-state index contributed by atoms with van der Waals surface area (Å²) in [6.45, 7) is 4.17. The van der Waals surface area contributed by atoms with Gasteiger partial charge in [-0.05, 0) is 44.6 Å². The average molecular weight is 240 g/mol. The Kier molecular flexibility index (Phi) is 5.26. The molecule has 1 saturated heterocycles. The molecule has 0 spiro atoms. The van der Waals surface area contributed by atoms with Gasteiger partial charge in [-0.3, -0.25) is 0 Å². The SMILES string of the molecule is CN(CC1CCOCC1)CC(N)C1CCCC1. The van der Waals surface area contributed by atoms with Gasteiger partial charge in [-0.15, -0.1) is 0 Å². The molecule has 1 unspecified atom stereocenters. The Morgan fingerprint density at radius 2 is 1.82 bits per heavy atom. The van der Waals surface area contributed by atoms with Gasteiger partial charge < -0.3 is 15.4 Å². The van der Waals surface area contributed by atoms with Crippen molar-refractivity contribution in [2.75, 3.05) is 33.4 Å². The van der Waals surface area contributed by atoms with Crippen molar-refractivity contribution < 1.29 is 4.74 Å². The smallest absolute Gasteiger partial charge is 0.0469 e. The van der Waals surface area contributed by atoms with Crippen LogP contribution in [0.1, 0.15) is 38.5 Å². The average Bonchev–Trinajstić information content (AvgIpc) is 2.83. The molecular weight excluding hydrogens is 212 g/mol. The van der Waals surface area contributed by atoms with Crippen LogP contribution in [0.5, 0.6) is 0 Å². The Morgan fingerprint density at radius 3 is 2.47 bits per heavy atom. The summed E-state index contributed by atoms with van der Waals surface area (Å²) in [5.41, 5.74) is 6.32. The quantitative estimate of drug-likeness (QED) is 0.797. The van der Waals surface area contributed by atoms with Crippen LogP contribution in [0.2, 0.25) is 0 Å². The Balaban J connectivity index is 1.66. The van der Waals surface area contributed by atoms with Crippen LogP contribution in [0, 0.1) is 11.8 Å². The molecule has 2 N–H and O–H groups in total. The highest BCUT2D eigenvalue weighted by molar-refractivity contribution is 4.80. The summed E-state index contributed by atoms with van der Waals surface area (Å²) in [6, 6.07) is 0.391. The van der Waals surface area contributed by atoms with E-state index in [-0.39, 0.29) is 0 Å². The molecule has 17 heavy (non-hydrogen) atoms. The third-order valence-electron chi connectivity index (χ3n) is 4.44. The van der Waals surface area contributed by atoms with Gasteiger partial charge in [0.25, 0.3) is 0 Å². The largest absolute Gasteiger partial charge is 0.381 e. The molecule has 3 nitrogen and oxygen atoms in total. The summed E-state index contributed by atoms with van der Waals surface area (Å²) in [7, 11) is 2.23. The van der Waals surface area contributed by atoms with Crippen LogP contribution in [-0.2, 0) is 4.74 Å². The van der Waals surface area contributed by atoms with Gasteiger partial charge >= 0.3 is 0 Å². The standard InChI is InChI=1S/C14H28N2O/c1-16(10-12-6-8-17-9-7-12)11-14(15)13-4-2-3-5-13/h12-14H,2-11,15H2,1H3. The van der Waals surface area contributed by atoms with Crippen LogP contribution in [-0.4, -0.2) is 44.3 Å².